The van der Waals surface area contributed by atoms with Gasteiger partial charge in [-0.25, -0.2) is 0 Å². The first-order chi connectivity index (χ1) is 6.43. The van der Waals surface area contributed by atoms with E-state index in [4.69, 9.17) is 4.74 Å². The molecule has 0 aliphatic heterocycles. The van der Waals surface area contributed by atoms with Crippen molar-refractivity contribution < 1.29 is 4.74 Å². The molecule has 0 spiro atoms. The molecular weight excluding hydrogens is 160 g/mol. The minimum absolute atomic E-state index is 0.521. The molecular formula is C12H22O. The van der Waals surface area contributed by atoms with Crippen molar-refractivity contribution in [1.29, 1.82) is 0 Å². The van der Waals surface area contributed by atoms with Gasteiger partial charge in [0.2, 0.25) is 0 Å². The first-order valence-corrected chi connectivity index (χ1v) is 5.70. The zero-order chi connectivity index (χ0) is 9.36. The molecule has 0 atom stereocenters. The maximum absolute atomic E-state index is 5.71. The van der Waals surface area contributed by atoms with Crippen molar-refractivity contribution in [3.63, 3.8) is 0 Å². The molecule has 1 aliphatic carbocycles. The largest absolute Gasteiger partial charge is 0.372 e. The Morgan fingerprint density at radius 2 is 1.85 bits per heavy atom. The lowest BCUT2D eigenvalue weighted by atomic mass is 10.1. The van der Waals surface area contributed by atoms with Crippen LogP contribution in [0.3, 0.4) is 0 Å². The van der Waals surface area contributed by atoms with Gasteiger partial charge < -0.3 is 4.74 Å². The molecule has 1 fully saturated rings. The Kier molecular flexibility index (Phi) is 6.26. The Bertz CT molecular complexity index is 104. The SMILES string of the molecule is [CH2]CCC[CH]OC1CCCCCC1. The maximum Gasteiger partial charge on any atom is 0.0840 e. The van der Waals surface area contributed by atoms with Crippen LogP contribution in [0, 0.1) is 13.5 Å². The van der Waals surface area contributed by atoms with Crippen LogP contribution in [0.4, 0.5) is 0 Å². The van der Waals surface area contributed by atoms with Gasteiger partial charge in [0, 0.05) is 0 Å². The highest BCUT2D eigenvalue weighted by molar-refractivity contribution is 4.66. The molecule has 2 radical (unpaired) electrons. The summed E-state index contributed by atoms with van der Waals surface area (Å²) in [6.07, 6.45) is 11.8. The molecule has 0 bridgehead atoms. The Morgan fingerprint density at radius 3 is 2.46 bits per heavy atom. The van der Waals surface area contributed by atoms with Gasteiger partial charge in [-0.15, -0.1) is 0 Å². The van der Waals surface area contributed by atoms with Gasteiger partial charge in [-0.05, 0) is 19.3 Å². The van der Waals surface area contributed by atoms with Gasteiger partial charge >= 0.3 is 0 Å². The molecule has 0 heterocycles. The van der Waals surface area contributed by atoms with Crippen molar-refractivity contribution in [1.82, 2.24) is 0 Å². The second kappa shape index (κ2) is 7.37. The third-order valence-electron chi connectivity index (χ3n) is 2.66. The molecule has 0 saturated heterocycles. The molecule has 0 N–H and O–H groups in total. The highest BCUT2D eigenvalue weighted by atomic mass is 16.5. The molecule has 13 heavy (non-hydrogen) atoms. The molecule has 76 valence electrons. The van der Waals surface area contributed by atoms with Crippen LogP contribution >= 0.6 is 0 Å². The van der Waals surface area contributed by atoms with E-state index < -0.39 is 0 Å². The average molecular weight is 182 g/mol. The van der Waals surface area contributed by atoms with Crippen LogP contribution in [-0.2, 0) is 4.74 Å². The van der Waals surface area contributed by atoms with Crippen LogP contribution in [0.5, 0.6) is 0 Å². The van der Waals surface area contributed by atoms with Crippen LogP contribution in [0.15, 0.2) is 0 Å². The molecule has 1 nitrogen and oxygen atoms in total. The zero-order valence-electron chi connectivity index (χ0n) is 8.63. The monoisotopic (exact) mass is 182 g/mol. The second-order valence-electron chi connectivity index (χ2n) is 3.91. The smallest absolute Gasteiger partial charge is 0.0840 e. The van der Waals surface area contributed by atoms with Gasteiger partial charge in [-0.3, -0.25) is 0 Å². The van der Waals surface area contributed by atoms with Crippen LogP contribution in [0.1, 0.15) is 57.8 Å². The predicted octanol–water partition coefficient (Wildman–Crippen LogP) is 3.89. The van der Waals surface area contributed by atoms with Crippen LogP contribution in [-0.4, -0.2) is 6.10 Å². The third-order valence-corrected chi connectivity index (χ3v) is 2.66. The minimum atomic E-state index is 0.521. The van der Waals surface area contributed by atoms with Crippen molar-refractivity contribution in [3.8, 4) is 0 Å². The number of hydrogen-bond donors (Lipinski definition) is 0. The molecule has 1 saturated carbocycles. The van der Waals surface area contributed by atoms with E-state index in [-0.39, 0.29) is 0 Å². The van der Waals surface area contributed by atoms with E-state index in [1.807, 2.05) is 6.61 Å². The van der Waals surface area contributed by atoms with Crippen molar-refractivity contribution in [2.45, 2.75) is 63.9 Å². The summed E-state index contributed by atoms with van der Waals surface area (Å²) in [5, 5.41) is 0. The van der Waals surface area contributed by atoms with Gasteiger partial charge in [-0.2, -0.15) is 0 Å². The summed E-state index contributed by atoms with van der Waals surface area (Å²) in [6, 6.07) is 0. The predicted molar refractivity (Wildman–Crippen MR) is 56.1 cm³/mol. The molecule has 1 aliphatic rings. The Hall–Kier alpha value is -0.0400. The Labute approximate surface area is 82.9 Å². The summed E-state index contributed by atoms with van der Waals surface area (Å²) < 4.78 is 5.71. The topological polar surface area (TPSA) is 9.23 Å². The first-order valence-electron chi connectivity index (χ1n) is 5.70. The zero-order valence-corrected chi connectivity index (χ0v) is 8.63. The molecule has 1 heteroatoms. The van der Waals surface area contributed by atoms with Crippen LogP contribution in [0.2, 0.25) is 0 Å². The standard InChI is InChI=1S/C12H22O/c1-2-3-8-11-13-12-9-6-4-5-7-10-12/h11-12H,1-10H2. The summed E-state index contributed by atoms with van der Waals surface area (Å²) in [5.74, 6) is 0. The summed E-state index contributed by atoms with van der Waals surface area (Å²) in [4.78, 5) is 0. The number of ether oxygens (including phenoxy) is 1. The van der Waals surface area contributed by atoms with Crippen LogP contribution < -0.4 is 0 Å². The Balaban J connectivity index is 1.98. The van der Waals surface area contributed by atoms with Crippen molar-refractivity contribution in [2.24, 2.45) is 0 Å². The highest BCUT2D eigenvalue weighted by Crippen LogP contribution is 2.20. The van der Waals surface area contributed by atoms with Crippen LogP contribution in [0.25, 0.3) is 0 Å². The lowest BCUT2D eigenvalue weighted by Crippen LogP contribution is -2.09. The first kappa shape index (κ1) is 11.0. The minimum Gasteiger partial charge on any atom is -0.372 e. The molecule has 0 aromatic heterocycles. The van der Waals surface area contributed by atoms with Gasteiger partial charge in [0.15, 0.2) is 0 Å². The number of rotatable bonds is 5. The fraction of sp³-hybridized carbons (Fsp3) is 0.833. The molecule has 0 aromatic carbocycles. The van der Waals surface area contributed by atoms with E-state index in [0.29, 0.717) is 6.10 Å². The van der Waals surface area contributed by atoms with E-state index in [2.05, 4.69) is 6.92 Å². The van der Waals surface area contributed by atoms with E-state index in [1.165, 1.54) is 38.5 Å². The summed E-state index contributed by atoms with van der Waals surface area (Å²) in [7, 11) is 0. The Morgan fingerprint density at radius 1 is 1.15 bits per heavy atom. The maximum atomic E-state index is 5.71. The van der Waals surface area contributed by atoms with Crippen molar-refractivity contribution in [3.05, 3.63) is 13.5 Å². The molecule has 0 amide bonds. The second-order valence-corrected chi connectivity index (χ2v) is 3.91. The molecule has 1 rings (SSSR count). The van der Waals surface area contributed by atoms with E-state index in [9.17, 15) is 0 Å². The fourth-order valence-electron chi connectivity index (χ4n) is 1.81. The van der Waals surface area contributed by atoms with Gasteiger partial charge in [0.1, 0.15) is 0 Å². The van der Waals surface area contributed by atoms with Crippen molar-refractivity contribution in [2.75, 3.05) is 0 Å². The quantitative estimate of drug-likeness (QED) is 0.463. The van der Waals surface area contributed by atoms with Gasteiger partial charge in [0.25, 0.3) is 0 Å². The molecule has 0 unspecified atom stereocenters. The van der Waals surface area contributed by atoms with Crippen molar-refractivity contribution >= 4 is 0 Å². The third kappa shape index (κ3) is 5.30. The average Bonchev–Trinajstić information content (AvgIpc) is 2.41. The number of unbranched alkanes of at least 4 members (excludes halogenated alkanes) is 2. The summed E-state index contributed by atoms with van der Waals surface area (Å²) >= 11 is 0. The van der Waals surface area contributed by atoms with E-state index >= 15 is 0 Å². The van der Waals surface area contributed by atoms with Gasteiger partial charge in [0.05, 0.1) is 12.7 Å². The molecule has 0 aromatic rings. The van der Waals surface area contributed by atoms with Gasteiger partial charge in [-0.1, -0.05) is 45.4 Å². The number of hydrogen-bond acceptors (Lipinski definition) is 1. The summed E-state index contributed by atoms with van der Waals surface area (Å²) in [6.45, 7) is 5.81. The highest BCUT2D eigenvalue weighted by Gasteiger charge is 2.11. The normalized spacial score (nSPS) is 20.1. The lowest BCUT2D eigenvalue weighted by molar-refractivity contribution is 0.0873. The summed E-state index contributed by atoms with van der Waals surface area (Å²) in [5.41, 5.74) is 0. The van der Waals surface area contributed by atoms with E-state index in [1.54, 1.807) is 0 Å². The fourth-order valence-corrected chi connectivity index (χ4v) is 1.81. The van der Waals surface area contributed by atoms with E-state index in [0.717, 1.165) is 19.3 Å². The lowest BCUT2D eigenvalue weighted by Gasteiger charge is -2.14.